The minimum absolute atomic E-state index is 0.0304. The van der Waals surface area contributed by atoms with Crippen LogP contribution in [0.4, 0.5) is 4.79 Å². The number of amides is 7. The second-order valence-corrected chi connectivity index (χ2v) is 24.9. The third-order valence-corrected chi connectivity index (χ3v) is 19.5. The number of carbonyl (C=O) groups excluding carboxylic acids is 6. The van der Waals surface area contributed by atoms with E-state index < -0.39 is 24.2 Å². The zero-order chi connectivity index (χ0) is 59.8. The number of likely N-dealkylation sites (tertiary alicyclic amines) is 4. The molecule has 4 fully saturated rings. The first-order chi connectivity index (χ1) is 41.4. The summed E-state index contributed by atoms with van der Waals surface area (Å²) in [5.74, 6) is -0.622. The number of hydrogen-bond donors (Lipinski definition) is 6. The molecule has 4 aliphatic rings. The van der Waals surface area contributed by atoms with Crippen molar-refractivity contribution in [3.05, 3.63) is 95.2 Å². The molecule has 0 spiro atoms. The Bertz CT molecular complexity index is 3190. The Morgan fingerprint density at radius 3 is 1.46 bits per heavy atom. The number of thiazole rings is 2. The van der Waals surface area contributed by atoms with E-state index in [1.54, 1.807) is 55.5 Å². The van der Waals surface area contributed by atoms with E-state index in [-0.39, 0.29) is 53.6 Å². The van der Waals surface area contributed by atoms with Crippen molar-refractivity contribution in [3.8, 4) is 22.5 Å². The molecular weight excluding hydrogens is 1110 g/mol. The molecule has 22 heteroatoms. The van der Waals surface area contributed by atoms with Gasteiger partial charge in [0.25, 0.3) is 0 Å². The number of urea groups is 1. The Kier molecular flexibility index (Phi) is 22.4. The Labute approximate surface area is 507 Å². The lowest BCUT2D eigenvalue weighted by molar-refractivity contribution is -0.140. The molecule has 6 atom stereocenters. The largest absolute Gasteiger partial charge is 0.345 e. The van der Waals surface area contributed by atoms with Gasteiger partial charge in [0.1, 0.15) is 33.1 Å². The third-order valence-electron chi connectivity index (χ3n) is 17.3. The molecule has 6 N–H and O–H groups in total. The van der Waals surface area contributed by atoms with Gasteiger partial charge in [-0.05, 0) is 130 Å². The van der Waals surface area contributed by atoms with Gasteiger partial charge in [-0.3, -0.25) is 33.9 Å². The van der Waals surface area contributed by atoms with Crippen LogP contribution in [0.5, 0.6) is 0 Å². The van der Waals surface area contributed by atoms with Crippen LogP contribution < -0.4 is 31.9 Å². The van der Waals surface area contributed by atoms with Crippen molar-refractivity contribution < 1.29 is 28.8 Å². The standard InChI is InChI=1S/C35H50N8O3S.C28H34N6O3S/c1-24(37-3)32(44)40-30(26-16-22-42(23-17-26)35(46)39-19-10-5-4-9-18-36-2)34(45)43-21-11-14-27(43)33-41-31-28(47-33)15-20-38-29(31)25-12-7-6-8-13-25;1-18(29-2)26(36)31-24(20-11-15-33(17-35)16-12-20)28(37)34-14-6-9-21(34)27-32-25-22(38-27)10-13-30-23(25)19-7-4-3-5-8-19/h6-8,12-13,15,20,24,26-27,30,36-37H,4-5,9-11,14,16-19,21-23H2,1-3H3,(H,39,46)(H,40,44);3-5,7-8,10,13,17-18,20-21,24,29H,6,9,11-12,14-16H2,1-2H3,(H,31,36)/t24-,27?,30?;18-,21?,24?/m00/s1. The Morgan fingerprint density at radius 1 is 0.576 bits per heavy atom. The average molecular weight is 1200 g/mol. The van der Waals surface area contributed by atoms with E-state index in [9.17, 15) is 28.8 Å². The van der Waals surface area contributed by atoms with E-state index in [1.807, 2.05) is 107 Å². The topological polar surface area (TPSA) is 239 Å². The molecule has 4 unspecified atom stereocenters. The van der Waals surface area contributed by atoms with Crippen LogP contribution in [0.3, 0.4) is 0 Å². The number of pyridine rings is 2. The fourth-order valence-electron chi connectivity index (χ4n) is 12.0. The van der Waals surface area contributed by atoms with Crippen LogP contribution in [0.15, 0.2) is 85.2 Å². The summed E-state index contributed by atoms with van der Waals surface area (Å²) in [6, 6.07) is 21.5. The summed E-state index contributed by atoms with van der Waals surface area (Å²) in [7, 11) is 5.43. The molecule has 0 aliphatic carbocycles. The van der Waals surface area contributed by atoms with E-state index >= 15 is 0 Å². The first kappa shape index (κ1) is 62.5. The molecule has 0 bridgehead atoms. The number of benzene rings is 2. The second kappa shape index (κ2) is 30.4. The molecular formula is C63H84N14O6S2. The maximum atomic E-state index is 14.4. The van der Waals surface area contributed by atoms with Crippen molar-refractivity contribution in [1.82, 2.24) is 71.4 Å². The van der Waals surface area contributed by atoms with Gasteiger partial charge < -0.3 is 51.5 Å². The van der Waals surface area contributed by atoms with Gasteiger partial charge in [0.05, 0.1) is 45.0 Å². The van der Waals surface area contributed by atoms with Gasteiger partial charge in [-0.25, -0.2) is 14.8 Å². The predicted molar refractivity (Wildman–Crippen MR) is 334 cm³/mol. The molecule has 10 rings (SSSR count). The number of fused-ring (bicyclic) bond motifs is 2. The van der Waals surface area contributed by atoms with Gasteiger partial charge in [-0.2, -0.15) is 0 Å². The summed E-state index contributed by atoms with van der Waals surface area (Å²) in [5, 5.41) is 20.1. The lowest BCUT2D eigenvalue weighted by Crippen LogP contribution is -2.57. The number of piperidine rings is 2. The van der Waals surface area contributed by atoms with Crippen LogP contribution in [0, 0.1) is 11.8 Å². The Balaban J connectivity index is 0.000000208. The SMILES string of the molecule is CNCCCCCCNC(=O)N1CCC(C(NC(=O)[C@H](C)NC)C(=O)N2CCCC2c2nc3c(-c4ccccc4)nccc3s2)CC1.CN[C@@H](C)C(=O)NC(C(=O)N1CCCC1c1nc2c(-c3ccccc3)nccc2s1)C1CCN(C=O)CC1. The molecule has 4 saturated heterocycles. The average Bonchev–Trinajstić information content (AvgIpc) is 3.39. The molecule has 2 aromatic carbocycles. The van der Waals surface area contributed by atoms with Crippen molar-refractivity contribution in [3.63, 3.8) is 0 Å². The van der Waals surface area contributed by atoms with E-state index in [2.05, 4.69) is 41.9 Å². The Hall–Kier alpha value is -6.98. The monoisotopic (exact) mass is 1200 g/mol. The van der Waals surface area contributed by atoms with Crippen LogP contribution >= 0.6 is 22.7 Å². The van der Waals surface area contributed by atoms with E-state index in [0.29, 0.717) is 71.5 Å². The molecule has 6 aromatic rings. The Morgan fingerprint density at radius 2 is 1.02 bits per heavy atom. The molecule has 4 aliphatic heterocycles. The fourth-order valence-corrected chi connectivity index (χ4v) is 14.3. The zero-order valence-electron chi connectivity index (χ0n) is 49.8. The summed E-state index contributed by atoms with van der Waals surface area (Å²) in [6.07, 6.45) is 14.9. The van der Waals surface area contributed by atoms with Crippen molar-refractivity contribution in [2.24, 2.45) is 11.8 Å². The molecule has 85 heavy (non-hydrogen) atoms. The van der Waals surface area contributed by atoms with E-state index in [1.165, 1.54) is 0 Å². The van der Waals surface area contributed by atoms with E-state index in [0.717, 1.165) is 117 Å². The van der Waals surface area contributed by atoms with Crippen molar-refractivity contribution in [1.29, 1.82) is 0 Å². The van der Waals surface area contributed by atoms with Crippen LogP contribution in [0.2, 0.25) is 0 Å². The van der Waals surface area contributed by atoms with Gasteiger partial charge in [0.15, 0.2) is 0 Å². The highest BCUT2D eigenvalue weighted by molar-refractivity contribution is 7.19. The second-order valence-electron chi connectivity index (χ2n) is 22.8. The number of aromatic nitrogens is 4. The molecule has 8 heterocycles. The number of carbonyl (C=O) groups is 6. The summed E-state index contributed by atoms with van der Waals surface area (Å²) >= 11 is 3.22. The minimum Gasteiger partial charge on any atom is -0.345 e. The maximum absolute atomic E-state index is 14.4. The molecule has 4 aromatic heterocycles. The first-order valence-electron chi connectivity index (χ1n) is 30.5. The summed E-state index contributed by atoms with van der Waals surface area (Å²) in [5.41, 5.74) is 5.41. The van der Waals surface area contributed by atoms with Crippen LogP contribution in [0.1, 0.15) is 113 Å². The highest BCUT2D eigenvalue weighted by Crippen LogP contribution is 2.41. The molecule has 7 amide bonds. The van der Waals surface area contributed by atoms with Crippen LogP contribution in [-0.4, -0.2) is 173 Å². The summed E-state index contributed by atoms with van der Waals surface area (Å²) in [6.45, 7) is 8.80. The molecule has 0 radical (unpaired) electrons. The minimum atomic E-state index is -0.669. The van der Waals surface area contributed by atoms with E-state index in [4.69, 9.17) is 9.97 Å². The van der Waals surface area contributed by atoms with Gasteiger partial charge in [0, 0.05) is 69.3 Å². The highest BCUT2D eigenvalue weighted by Gasteiger charge is 2.43. The van der Waals surface area contributed by atoms with Crippen molar-refractivity contribution in [2.75, 3.05) is 73.5 Å². The predicted octanol–water partition coefficient (Wildman–Crippen LogP) is 7.30. The van der Waals surface area contributed by atoms with Crippen molar-refractivity contribution in [2.45, 2.75) is 127 Å². The number of nitrogens with zero attached hydrogens (tertiary/aromatic N) is 8. The van der Waals surface area contributed by atoms with Crippen LogP contribution in [-0.2, 0) is 24.0 Å². The first-order valence-corrected chi connectivity index (χ1v) is 32.1. The summed E-state index contributed by atoms with van der Waals surface area (Å²) < 4.78 is 2.09. The third kappa shape index (κ3) is 15.4. The maximum Gasteiger partial charge on any atom is 0.317 e. The summed E-state index contributed by atoms with van der Waals surface area (Å²) in [4.78, 5) is 105. The van der Waals surface area contributed by atoms with Gasteiger partial charge >= 0.3 is 6.03 Å². The highest BCUT2D eigenvalue weighted by atomic mass is 32.1. The van der Waals surface area contributed by atoms with Gasteiger partial charge in [0.2, 0.25) is 30.0 Å². The number of nitrogens with one attached hydrogen (secondary N) is 6. The lowest BCUT2D eigenvalue weighted by atomic mass is 9.88. The zero-order valence-corrected chi connectivity index (χ0v) is 51.4. The smallest absolute Gasteiger partial charge is 0.317 e. The number of likely N-dealkylation sites (N-methyl/N-ethyl adjacent to an activating group) is 2. The number of rotatable bonds is 22. The number of unbranched alkanes of at least 4 members (excludes halogenated alkanes) is 3. The molecule has 0 saturated carbocycles. The lowest BCUT2D eigenvalue weighted by Gasteiger charge is -2.38. The molecule has 20 nitrogen and oxygen atoms in total. The van der Waals surface area contributed by atoms with Gasteiger partial charge in [-0.1, -0.05) is 73.5 Å². The number of hydrogen-bond acceptors (Lipinski definition) is 15. The van der Waals surface area contributed by atoms with Gasteiger partial charge in [-0.15, -0.1) is 22.7 Å². The quantitative estimate of drug-likeness (QED) is 0.0289. The van der Waals surface area contributed by atoms with Crippen LogP contribution in [0.25, 0.3) is 42.9 Å². The van der Waals surface area contributed by atoms with Crippen molar-refractivity contribution >= 4 is 79.2 Å². The fraction of sp³-hybridized carbons (Fsp3) is 0.524. The molecule has 454 valence electrons. The normalized spacial score (nSPS) is 19.0.